The Bertz CT molecular complexity index is 1210. The number of rotatable bonds is 5. The number of nitrogens with one attached hydrogen (secondary N) is 1. The van der Waals surface area contributed by atoms with Gasteiger partial charge in [-0.2, -0.15) is 9.97 Å². The molecule has 3 aromatic heterocycles. The third kappa shape index (κ3) is 3.59. The van der Waals surface area contributed by atoms with Gasteiger partial charge in [-0.1, -0.05) is 25.0 Å². The molecule has 4 heterocycles. The van der Waals surface area contributed by atoms with E-state index in [1.165, 1.54) is 4.70 Å². The summed E-state index contributed by atoms with van der Waals surface area (Å²) in [7, 11) is 0. The van der Waals surface area contributed by atoms with Gasteiger partial charge in [-0.3, -0.25) is 0 Å². The highest BCUT2D eigenvalue weighted by molar-refractivity contribution is 7.18. The second kappa shape index (κ2) is 8.29. The number of hydrogen-bond donors (Lipinski definition) is 2. The van der Waals surface area contributed by atoms with Gasteiger partial charge in [0, 0.05) is 13.1 Å². The molecule has 0 amide bonds. The number of thiazole rings is 1. The molecule has 0 radical (unpaired) electrons. The van der Waals surface area contributed by atoms with Gasteiger partial charge in [0.2, 0.25) is 5.95 Å². The number of aliphatic hydroxyl groups excluding tert-OH is 1. The number of aliphatic hydroxyl groups is 1. The third-order valence-corrected chi connectivity index (χ3v) is 7.63. The molecule has 0 bridgehead atoms. The summed E-state index contributed by atoms with van der Waals surface area (Å²) in [6.07, 6.45) is 7.77. The molecule has 4 aromatic rings. The van der Waals surface area contributed by atoms with Crippen molar-refractivity contribution in [1.82, 2.24) is 24.5 Å². The Morgan fingerprint density at radius 3 is 2.72 bits per heavy atom. The summed E-state index contributed by atoms with van der Waals surface area (Å²) in [6.45, 7) is 2.54. The van der Waals surface area contributed by atoms with Crippen LogP contribution in [0, 0.1) is 0 Å². The molecule has 0 spiro atoms. The zero-order chi connectivity index (χ0) is 21.5. The van der Waals surface area contributed by atoms with Gasteiger partial charge in [0.1, 0.15) is 5.01 Å². The van der Waals surface area contributed by atoms with Crippen LogP contribution in [-0.2, 0) is 6.54 Å². The summed E-state index contributed by atoms with van der Waals surface area (Å²) in [5.41, 5.74) is 2.59. The highest BCUT2D eigenvalue weighted by Gasteiger charge is 2.28. The van der Waals surface area contributed by atoms with Crippen LogP contribution in [0.15, 0.2) is 30.6 Å². The summed E-state index contributed by atoms with van der Waals surface area (Å²) >= 11 is 1.69. The maximum Gasteiger partial charge on any atom is 0.229 e. The van der Waals surface area contributed by atoms with E-state index in [0.29, 0.717) is 6.54 Å². The van der Waals surface area contributed by atoms with Crippen molar-refractivity contribution in [3.63, 3.8) is 0 Å². The molecule has 1 saturated carbocycles. The molecule has 2 aliphatic rings. The number of benzene rings is 1. The summed E-state index contributed by atoms with van der Waals surface area (Å²) in [5, 5.41) is 15.2. The van der Waals surface area contributed by atoms with Crippen molar-refractivity contribution in [2.24, 2.45) is 0 Å². The number of imidazole rings is 1. The second-order valence-electron chi connectivity index (χ2n) is 8.74. The van der Waals surface area contributed by atoms with E-state index >= 15 is 0 Å². The van der Waals surface area contributed by atoms with E-state index in [1.807, 2.05) is 24.5 Å². The quantitative estimate of drug-likeness (QED) is 0.473. The highest BCUT2D eigenvalue weighted by Crippen LogP contribution is 2.33. The fourth-order valence-electron chi connectivity index (χ4n) is 4.90. The lowest BCUT2D eigenvalue weighted by atomic mass is 9.92. The molecular weight excluding hydrogens is 422 g/mol. The monoisotopic (exact) mass is 449 g/mol. The summed E-state index contributed by atoms with van der Waals surface area (Å²) in [4.78, 5) is 21.5. The Labute approximate surface area is 190 Å². The number of fused-ring (bicyclic) bond motifs is 2. The van der Waals surface area contributed by atoms with Crippen molar-refractivity contribution in [2.45, 2.75) is 57.2 Å². The summed E-state index contributed by atoms with van der Waals surface area (Å²) in [5.74, 6) is 1.48. The number of aromatic nitrogens is 5. The van der Waals surface area contributed by atoms with Crippen LogP contribution in [0.2, 0.25) is 0 Å². The lowest BCUT2D eigenvalue weighted by molar-refractivity contribution is 0.0770. The number of para-hydroxylation sites is 1. The smallest absolute Gasteiger partial charge is 0.229 e. The zero-order valence-electron chi connectivity index (χ0n) is 17.9. The first kappa shape index (κ1) is 19.9. The van der Waals surface area contributed by atoms with E-state index in [1.54, 1.807) is 11.3 Å². The van der Waals surface area contributed by atoms with Gasteiger partial charge in [0.25, 0.3) is 0 Å². The Morgan fingerprint density at radius 1 is 1.03 bits per heavy atom. The molecule has 1 saturated heterocycles. The van der Waals surface area contributed by atoms with Crippen LogP contribution >= 0.6 is 11.3 Å². The summed E-state index contributed by atoms with van der Waals surface area (Å²) < 4.78 is 3.26. The topological polar surface area (TPSA) is 92.0 Å². The van der Waals surface area contributed by atoms with Crippen LogP contribution in [0.1, 0.15) is 49.6 Å². The average Bonchev–Trinajstić information content (AvgIpc) is 3.57. The molecule has 9 heteroatoms. The number of anilines is 2. The standard InChI is InChI=1S/C23H27N7OS/c31-17-9-3-2-8-16(17)30-14-25-20-21(27-23(28-22(20)30)29-11-5-6-12-29)24-13-19-26-15-7-1-4-10-18(15)32-19/h1,4,7,10,14,16-17,31H,2-3,5-6,8-9,11-13H2,(H,24,27,28)/t16?,17-/m0/s1. The van der Waals surface area contributed by atoms with Gasteiger partial charge in [0.15, 0.2) is 17.0 Å². The van der Waals surface area contributed by atoms with E-state index in [2.05, 4.69) is 25.8 Å². The third-order valence-electron chi connectivity index (χ3n) is 6.59. The van der Waals surface area contributed by atoms with Gasteiger partial charge in [-0.05, 0) is 37.8 Å². The highest BCUT2D eigenvalue weighted by atomic mass is 32.1. The Balaban J connectivity index is 1.37. The molecule has 2 atom stereocenters. The van der Waals surface area contributed by atoms with Gasteiger partial charge >= 0.3 is 0 Å². The maximum atomic E-state index is 10.6. The van der Waals surface area contributed by atoms with Crippen LogP contribution in [0.3, 0.4) is 0 Å². The van der Waals surface area contributed by atoms with Gasteiger partial charge in [-0.15, -0.1) is 11.3 Å². The van der Waals surface area contributed by atoms with E-state index in [9.17, 15) is 5.11 Å². The average molecular weight is 450 g/mol. The van der Waals surface area contributed by atoms with E-state index in [-0.39, 0.29) is 12.1 Å². The lowest BCUT2D eigenvalue weighted by Gasteiger charge is -2.29. The molecule has 1 aliphatic carbocycles. The zero-order valence-corrected chi connectivity index (χ0v) is 18.8. The molecule has 2 fully saturated rings. The molecule has 32 heavy (non-hydrogen) atoms. The molecule has 6 rings (SSSR count). The molecule has 2 N–H and O–H groups in total. The van der Waals surface area contributed by atoms with Crippen LogP contribution in [0.5, 0.6) is 0 Å². The van der Waals surface area contributed by atoms with Crippen molar-refractivity contribution in [3.8, 4) is 0 Å². The minimum atomic E-state index is -0.356. The minimum Gasteiger partial charge on any atom is -0.391 e. The van der Waals surface area contributed by atoms with Gasteiger partial charge in [0.05, 0.1) is 35.2 Å². The molecule has 1 aromatic carbocycles. The number of hydrogen-bond acceptors (Lipinski definition) is 8. The van der Waals surface area contributed by atoms with Crippen LogP contribution in [0.25, 0.3) is 21.4 Å². The maximum absolute atomic E-state index is 10.6. The van der Waals surface area contributed by atoms with Crippen LogP contribution in [0.4, 0.5) is 11.8 Å². The SMILES string of the molecule is O[C@H]1CCCCC1n1cnc2c(NCc3nc4ccccc4s3)nc(N3CCCC3)nc21. The van der Waals surface area contributed by atoms with Gasteiger partial charge in [-0.25, -0.2) is 9.97 Å². The Hall–Kier alpha value is -2.78. The first-order valence-corrected chi connectivity index (χ1v) is 12.3. The molecule has 8 nitrogen and oxygen atoms in total. The predicted octanol–water partition coefficient (Wildman–Crippen LogP) is 4.12. The van der Waals surface area contributed by atoms with Crippen LogP contribution in [-0.4, -0.2) is 48.8 Å². The first-order valence-electron chi connectivity index (χ1n) is 11.5. The van der Waals surface area contributed by atoms with Crippen molar-refractivity contribution >= 4 is 44.5 Å². The normalized spacial score (nSPS) is 21.6. The van der Waals surface area contributed by atoms with Crippen LogP contribution < -0.4 is 10.2 Å². The van der Waals surface area contributed by atoms with E-state index in [0.717, 1.165) is 85.1 Å². The van der Waals surface area contributed by atoms with Gasteiger partial charge < -0.3 is 19.9 Å². The molecular formula is C23H27N7OS. The lowest BCUT2D eigenvalue weighted by Crippen LogP contribution is -2.27. The predicted molar refractivity (Wildman–Crippen MR) is 127 cm³/mol. The van der Waals surface area contributed by atoms with Crippen molar-refractivity contribution < 1.29 is 5.11 Å². The Morgan fingerprint density at radius 2 is 1.88 bits per heavy atom. The Kier molecular flexibility index (Phi) is 5.15. The molecule has 1 unspecified atom stereocenters. The second-order valence-corrected chi connectivity index (χ2v) is 9.85. The van der Waals surface area contributed by atoms with E-state index < -0.39 is 0 Å². The van der Waals surface area contributed by atoms with E-state index in [4.69, 9.17) is 15.0 Å². The van der Waals surface area contributed by atoms with Crippen molar-refractivity contribution in [2.75, 3.05) is 23.3 Å². The fraction of sp³-hybridized carbons (Fsp3) is 0.478. The van der Waals surface area contributed by atoms with Crippen molar-refractivity contribution in [1.29, 1.82) is 0 Å². The summed E-state index contributed by atoms with van der Waals surface area (Å²) in [6, 6.07) is 8.22. The molecule has 1 aliphatic heterocycles. The van der Waals surface area contributed by atoms with Crippen molar-refractivity contribution in [3.05, 3.63) is 35.6 Å². The minimum absolute atomic E-state index is 0.0205. The fourth-order valence-corrected chi connectivity index (χ4v) is 5.81. The molecule has 166 valence electrons. The number of nitrogens with zero attached hydrogens (tertiary/aromatic N) is 6. The largest absolute Gasteiger partial charge is 0.391 e. The first-order chi connectivity index (χ1) is 15.8.